The Balaban J connectivity index is 1.61. The molecule has 0 aliphatic heterocycles. The van der Waals surface area contributed by atoms with E-state index < -0.39 is 17.5 Å². The Morgan fingerprint density at radius 1 is 1.12 bits per heavy atom. The Morgan fingerprint density at radius 2 is 1.94 bits per heavy atom. The zero-order valence-corrected chi connectivity index (χ0v) is 17.9. The maximum atomic E-state index is 13.4. The van der Waals surface area contributed by atoms with E-state index in [1.165, 1.54) is 30.3 Å². The third-order valence-corrected chi connectivity index (χ3v) is 5.10. The highest BCUT2D eigenvalue weighted by Gasteiger charge is 2.17. The largest absolute Gasteiger partial charge is 0.481 e. The number of carbonyl (C=O) groups excluding carboxylic acids is 1. The van der Waals surface area contributed by atoms with Gasteiger partial charge in [-0.15, -0.1) is 0 Å². The number of anilines is 1. The smallest absolute Gasteiger partial charge is 0.336 e. The molecule has 0 unspecified atom stereocenters. The number of nitrogens with zero attached hydrogens (tertiary/aromatic N) is 1. The first-order valence-electron chi connectivity index (χ1n) is 9.73. The minimum absolute atomic E-state index is 0.175. The third kappa shape index (κ3) is 4.63. The number of fused-ring (bicyclic) bond motifs is 1. The molecule has 4 rings (SSSR count). The first-order valence-corrected chi connectivity index (χ1v) is 10.1. The molecule has 1 atom stereocenters. The highest BCUT2D eigenvalue weighted by atomic mass is 35.5. The summed E-state index contributed by atoms with van der Waals surface area (Å²) in [5.41, 5.74) is 2.06. The van der Waals surface area contributed by atoms with Crippen molar-refractivity contribution < 1.29 is 18.3 Å². The van der Waals surface area contributed by atoms with Gasteiger partial charge in [0.05, 0.1) is 5.02 Å². The van der Waals surface area contributed by atoms with Crippen LogP contribution in [-0.4, -0.2) is 17.0 Å². The Hall–Kier alpha value is -3.71. The van der Waals surface area contributed by atoms with E-state index in [2.05, 4.69) is 10.3 Å². The van der Waals surface area contributed by atoms with Crippen molar-refractivity contribution in [3.8, 4) is 16.9 Å². The number of aromatic nitrogens is 1. The minimum atomic E-state index is -0.817. The van der Waals surface area contributed by atoms with Crippen molar-refractivity contribution in [1.82, 2.24) is 4.98 Å². The van der Waals surface area contributed by atoms with Crippen molar-refractivity contribution in [2.75, 3.05) is 5.32 Å². The predicted octanol–water partition coefficient (Wildman–Crippen LogP) is 5.36. The summed E-state index contributed by atoms with van der Waals surface area (Å²) < 4.78 is 24.5. The summed E-state index contributed by atoms with van der Waals surface area (Å²) in [6.07, 6.45) is 0.787. The maximum absolute atomic E-state index is 13.4. The highest BCUT2D eigenvalue weighted by Crippen LogP contribution is 2.34. The van der Waals surface area contributed by atoms with Gasteiger partial charge in [0, 0.05) is 46.2 Å². The lowest BCUT2D eigenvalue weighted by atomic mass is 10.0. The quantitative estimate of drug-likeness (QED) is 0.412. The molecule has 0 aliphatic rings. The van der Waals surface area contributed by atoms with Crippen LogP contribution in [0.1, 0.15) is 12.6 Å². The second-order valence-electron chi connectivity index (χ2n) is 7.20. The number of carbonyl (C=O) groups is 1. The minimum Gasteiger partial charge on any atom is -0.481 e. The van der Waals surface area contributed by atoms with E-state index in [9.17, 15) is 14.0 Å². The van der Waals surface area contributed by atoms with Crippen molar-refractivity contribution >= 4 is 34.2 Å². The van der Waals surface area contributed by atoms with Crippen LogP contribution in [0.4, 0.5) is 10.1 Å². The number of rotatable bonds is 5. The molecule has 0 saturated heterocycles. The summed E-state index contributed by atoms with van der Waals surface area (Å²) in [4.78, 5) is 28.7. The molecular formula is C24H18ClFN2O4. The van der Waals surface area contributed by atoms with Crippen LogP contribution in [0.2, 0.25) is 5.02 Å². The molecule has 0 bridgehead atoms. The first-order chi connectivity index (χ1) is 15.3. The lowest BCUT2D eigenvalue weighted by Crippen LogP contribution is -2.30. The molecule has 0 spiro atoms. The molecule has 0 fully saturated rings. The molecule has 0 radical (unpaired) electrons. The van der Waals surface area contributed by atoms with Crippen molar-refractivity contribution in [3.05, 3.63) is 87.7 Å². The van der Waals surface area contributed by atoms with Gasteiger partial charge in [-0.05, 0) is 56.3 Å². The monoisotopic (exact) mass is 452 g/mol. The van der Waals surface area contributed by atoms with Crippen LogP contribution in [0.25, 0.3) is 22.1 Å². The molecule has 0 saturated carbocycles. The van der Waals surface area contributed by atoms with E-state index >= 15 is 0 Å². The van der Waals surface area contributed by atoms with E-state index in [0.717, 1.165) is 5.69 Å². The number of nitrogens with one attached hydrogen (secondary N) is 1. The summed E-state index contributed by atoms with van der Waals surface area (Å²) in [6, 6.07) is 13.6. The summed E-state index contributed by atoms with van der Waals surface area (Å²) in [6.45, 7) is 3.43. The number of halogens is 2. The van der Waals surface area contributed by atoms with Gasteiger partial charge in [0.2, 0.25) is 0 Å². The first kappa shape index (κ1) is 21.5. The fourth-order valence-electron chi connectivity index (χ4n) is 3.27. The Labute approximate surface area is 187 Å². The number of ether oxygens (including phenoxy) is 1. The summed E-state index contributed by atoms with van der Waals surface area (Å²) >= 11 is 6.18. The van der Waals surface area contributed by atoms with E-state index in [1.54, 1.807) is 37.4 Å². The summed E-state index contributed by atoms with van der Waals surface area (Å²) in [5.74, 6) is -0.476. The molecule has 2 aromatic heterocycles. The molecule has 1 amide bonds. The Kier molecular flexibility index (Phi) is 5.92. The number of hydrogen-bond acceptors (Lipinski definition) is 5. The van der Waals surface area contributed by atoms with Crippen LogP contribution in [0.5, 0.6) is 5.75 Å². The van der Waals surface area contributed by atoms with Crippen molar-refractivity contribution in [1.29, 1.82) is 0 Å². The van der Waals surface area contributed by atoms with Crippen LogP contribution in [0, 0.1) is 12.7 Å². The predicted molar refractivity (Wildman–Crippen MR) is 121 cm³/mol. The van der Waals surface area contributed by atoms with Crippen LogP contribution in [0.3, 0.4) is 0 Å². The van der Waals surface area contributed by atoms with E-state index in [0.29, 0.717) is 28.0 Å². The molecule has 162 valence electrons. The molecule has 1 N–H and O–H groups in total. The van der Waals surface area contributed by atoms with Crippen molar-refractivity contribution in [2.45, 2.75) is 20.0 Å². The van der Waals surface area contributed by atoms with Crippen LogP contribution in [0.15, 0.2) is 70.0 Å². The van der Waals surface area contributed by atoms with Gasteiger partial charge >= 0.3 is 5.63 Å². The maximum Gasteiger partial charge on any atom is 0.336 e. The molecule has 6 nitrogen and oxygen atoms in total. The number of benzene rings is 2. The Bertz CT molecular complexity index is 1390. The van der Waals surface area contributed by atoms with Gasteiger partial charge in [-0.1, -0.05) is 11.6 Å². The zero-order chi connectivity index (χ0) is 22.8. The topological polar surface area (TPSA) is 81.4 Å². The van der Waals surface area contributed by atoms with Gasteiger partial charge in [0.25, 0.3) is 5.91 Å². The fraction of sp³-hybridized carbons (Fsp3) is 0.125. The molecule has 0 aliphatic carbocycles. The molecule has 8 heteroatoms. The van der Waals surface area contributed by atoms with E-state index in [4.69, 9.17) is 20.8 Å². The van der Waals surface area contributed by atoms with Gasteiger partial charge in [-0.3, -0.25) is 9.78 Å². The summed E-state index contributed by atoms with van der Waals surface area (Å²) in [5, 5.41) is 3.54. The average molecular weight is 453 g/mol. The summed E-state index contributed by atoms with van der Waals surface area (Å²) in [7, 11) is 0. The lowest BCUT2D eigenvalue weighted by molar-refractivity contribution is -0.122. The van der Waals surface area contributed by atoms with Crippen molar-refractivity contribution in [2.24, 2.45) is 0 Å². The number of pyridine rings is 1. The molecule has 32 heavy (non-hydrogen) atoms. The number of aryl methyl sites for hydroxylation is 1. The number of amides is 1. The van der Waals surface area contributed by atoms with Crippen molar-refractivity contribution in [3.63, 3.8) is 0 Å². The van der Waals surface area contributed by atoms with E-state index in [1.807, 2.05) is 6.92 Å². The van der Waals surface area contributed by atoms with Gasteiger partial charge in [0.1, 0.15) is 17.1 Å². The SMILES string of the molecule is Cc1cc(NC(=O)[C@@H](C)Oc2ccc3c(-c4ccc(F)cc4Cl)cc(=O)oc3c2)ccn1. The van der Waals surface area contributed by atoms with Crippen LogP contribution >= 0.6 is 11.6 Å². The van der Waals surface area contributed by atoms with Crippen LogP contribution < -0.4 is 15.7 Å². The second-order valence-corrected chi connectivity index (χ2v) is 7.60. The van der Waals surface area contributed by atoms with Gasteiger partial charge in [-0.25, -0.2) is 9.18 Å². The van der Waals surface area contributed by atoms with Crippen LogP contribution in [-0.2, 0) is 4.79 Å². The second kappa shape index (κ2) is 8.80. The van der Waals surface area contributed by atoms with Gasteiger partial charge in [-0.2, -0.15) is 0 Å². The number of hydrogen-bond donors (Lipinski definition) is 1. The highest BCUT2D eigenvalue weighted by molar-refractivity contribution is 6.33. The van der Waals surface area contributed by atoms with Gasteiger partial charge in [0.15, 0.2) is 6.10 Å². The normalized spacial score (nSPS) is 11.9. The molecule has 4 aromatic rings. The zero-order valence-electron chi connectivity index (χ0n) is 17.2. The Morgan fingerprint density at radius 3 is 2.69 bits per heavy atom. The lowest BCUT2D eigenvalue weighted by Gasteiger charge is -2.15. The third-order valence-electron chi connectivity index (χ3n) is 4.78. The van der Waals surface area contributed by atoms with E-state index in [-0.39, 0.29) is 16.5 Å². The molecule has 2 heterocycles. The fourth-order valence-corrected chi connectivity index (χ4v) is 3.54. The molecular weight excluding hydrogens is 435 g/mol. The molecule has 2 aromatic carbocycles. The van der Waals surface area contributed by atoms with Gasteiger partial charge < -0.3 is 14.5 Å². The standard InChI is InChI=1S/C24H18ClFN2O4/c1-13-9-16(7-8-27-13)28-24(30)14(2)31-17-4-6-19-20(12-23(29)32-22(19)11-17)18-5-3-15(26)10-21(18)25/h3-12,14H,1-2H3,(H,27,28,30)/t14-/m1/s1. The average Bonchev–Trinajstić information content (AvgIpc) is 2.73.